The number of carbonyl (C=O) groups excluding carboxylic acids is 1. The third kappa shape index (κ3) is 2.47. The summed E-state index contributed by atoms with van der Waals surface area (Å²) in [4.78, 5) is 21.1. The molecule has 2 atom stereocenters. The van der Waals surface area contributed by atoms with Gasteiger partial charge in [-0.1, -0.05) is 17.7 Å². The highest BCUT2D eigenvalue weighted by Gasteiger charge is 2.36. The number of rotatable bonds is 1. The van der Waals surface area contributed by atoms with Gasteiger partial charge in [-0.2, -0.15) is 0 Å². The first-order valence-corrected chi connectivity index (χ1v) is 7.20. The van der Waals surface area contributed by atoms with Crippen LogP contribution in [0.15, 0.2) is 18.2 Å². The summed E-state index contributed by atoms with van der Waals surface area (Å²) in [6.45, 7) is 5.06. The summed E-state index contributed by atoms with van der Waals surface area (Å²) in [6, 6.07) is 5.97. The molecule has 2 saturated heterocycles. The minimum Gasteiger partial charge on any atom is -0.332 e. The van der Waals surface area contributed by atoms with Crippen LogP contribution in [0.4, 0.5) is 0 Å². The lowest BCUT2D eigenvalue weighted by molar-refractivity contribution is 0.0390. The van der Waals surface area contributed by atoms with Crippen molar-refractivity contribution in [2.24, 2.45) is 0 Å². The number of halogens is 1. The maximum atomic E-state index is 12.5. The second-order valence-electron chi connectivity index (χ2n) is 5.44. The van der Waals surface area contributed by atoms with E-state index in [1.165, 1.54) is 19.4 Å². The Hall–Kier alpha value is -1.13. The van der Waals surface area contributed by atoms with Crippen LogP contribution in [-0.2, 0) is 0 Å². The Morgan fingerprint density at radius 2 is 2.26 bits per heavy atom. The van der Waals surface area contributed by atoms with E-state index in [2.05, 4.69) is 16.8 Å². The van der Waals surface area contributed by atoms with Crippen molar-refractivity contribution in [1.29, 1.82) is 0 Å². The number of nitrogens with zero attached hydrogens (tertiary/aromatic N) is 3. The zero-order chi connectivity index (χ0) is 13.4. The van der Waals surface area contributed by atoms with Crippen LogP contribution < -0.4 is 0 Å². The summed E-state index contributed by atoms with van der Waals surface area (Å²) < 4.78 is 0. The fourth-order valence-corrected chi connectivity index (χ4v) is 3.31. The van der Waals surface area contributed by atoms with Crippen LogP contribution in [0.2, 0.25) is 5.15 Å². The molecule has 3 heterocycles. The molecule has 0 radical (unpaired) electrons. The van der Waals surface area contributed by atoms with E-state index >= 15 is 0 Å². The van der Waals surface area contributed by atoms with Gasteiger partial charge in [-0.25, -0.2) is 4.98 Å². The lowest BCUT2D eigenvalue weighted by atomic mass is 10.1. The van der Waals surface area contributed by atoms with E-state index in [0.29, 0.717) is 16.9 Å². The first kappa shape index (κ1) is 12.9. The van der Waals surface area contributed by atoms with Gasteiger partial charge in [0.1, 0.15) is 10.8 Å². The Morgan fingerprint density at radius 3 is 3.05 bits per heavy atom. The number of pyridine rings is 1. The first-order valence-electron chi connectivity index (χ1n) is 6.83. The van der Waals surface area contributed by atoms with Crippen LogP contribution in [0, 0.1) is 0 Å². The normalized spacial score (nSPS) is 27.4. The minimum absolute atomic E-state index is 0.00144. The quantitative estimate of drug-likeness (QED) is 0.738. The van der Waals surface area contributed by atoms with Gasteiger partial charge < -0.3 is 4.90 Å². The number of hydrogen-bond donors (Lipinski definition) is 0. The van der Waals surface area contributed by atoms with Gasteiger partial charge in [0.05, 0.1) is 0 Å². The fourth-order valence-electron chi connectivity index (χ4n) is 3.14. The molecule has 5 heteroatoms. The van der Waals surface area contributed by atoms with E-state index in [4.69, 9.17) is 11.6 Å². The van der Waals surface area contributed by atoms with Crippen molar-refractivity contribution in [2.45, 2.75) is 31.8 Å². The summed E-state index contributed by atoms with van der Waals surface area (Å²) in [6.07, 6.45) is 2.44. The lowest BCUT2D eigenvalue weighted by Gasteiger charge is -2.42. The third-order valence-corrected chi connectivity index (χ3v) is 4.34. The van der Waals surface area contributed by atoms with Crippen molar-refractivity contribution in [1.82, 2.24) is 14.8 Å². The van der Waals surface area contributed by atoms with Gasteiger partial charge in [-0.3, -0.25) is 9.69 Å². The molecule has 0 N–H and O–H groups in total. The first-order chi connectivity index (χ1) is 9.15. The van der Waals surface area contributed by atoms with Gasteiger partial charge >= 0.3 is 0 Å². The van der Waals surface area contributed by atoms with Gasteiger partial charge in [0.25, 0.3) is 5.91 Å². The molecule has 4 nitrogen and oxygen atoms in total. The maximum absolute atomic E-state index is 12.5. The summed E-state index contributed by atoms with van der Waals surface area (Å²) in [5, 5.41) is 0.373. The van der Waals surface area contributed by atoms with E-state index in [-0.39, 0.29) is 11.9 Å². The van der Waals surface area contributed by atoms with Crippen molar-refractivity contribution >= 4 is 17.5 Å². The number of fused-ring (bicyclic) bond motifs is 1. The van der Waals surface area contributed by atoms with Crippen molar-refractivity contribution in [3.63, 3.8) is 0 Å². The zero-order valence-electron chi connectivity index (χ0n) is 11.1. The van der Waals surface area contributed by atoms with Crippen molar-refractivity contribution in [3.05, 3.63) is 29.0 Å². The predicted molar refractivity (Wildman–Crippen MR) is 74.3 cm³/mol. The van der Waals surface area contributed by atoms with Gasteiger partial charge in [0, 0.05) is 25.2 Å². The van der Waals surface area contributed by atoms with Crippen molar-refractivity contribution in [3.8, 4) is 0 Å². The highest BCUT2D eigenvalue weighted by Crippen LogP contribution is 2.25. The van der Waals surface area contributed by atoms with Crippen LogP contribution in [0.25, 0.3) is 0 Å². The van der Waals surface area contributed by atoms with Crippen LogP contribution in [-0.4, -0.2) is 52.4 Å². The molecular weight excluding hydrogens is 262 g/mol. The average Bonchev–Trinajstić information content (AvgIpc) is 2.84. The maximum Gasteiger partial charge on any atom is 0.272 e. The molecule has 1 amide bonds. The molecule has 2 aliphatic heterocycles. The largest absolute Gasteiger partial charge is 0.332 e. The molecule has 1 aromatic heterocycles. The molecule has 0 spiro atoms. The average molecular weight is 280 g/mol. The SMILES string of the molecule is CC1CN2CCCC2CN1C(=O)c1cccc(Cl)n1. The molecule has 0 aliphatic carbocycles. The number of amides is 1. The highest BCUT2D eigenvalue weighted by molar-refractivity contribution is 6.29. The molecule has 19 heavy (non-hydrogen) atoms. The van der Waals surface area contributed by atoms with E-state index < -0.39 is 0 Å². The smallest absolute Gasteiger partial charge is 0.272 e. The molecule has 3 rings (SSSR count). The van der Waals surface area contributed by atoms with Gasteiger partial charge in [-0.15, -0.1) is 0 Å². The Bertz CT molecular complexity index is 493. The van der Waals surface area contributed by atoms with Crippen LogP contribution in [0.3, 0.4) is 0 Å². The third-order valence-electron chi connectivity index (χ3n) is 4.13. The van der Waals surface area contributed by atoms with Gasteiger partial charge in [0.2, 0.25) is 0 Å². The second kappa shape index (κ2) is 5.10. The topological polar surface area (TPSA) is 36.4 Å². The molecular formula is C14H18ClN3O. The Kier molecular flexibility index (Phi) is 3.46. The molecule has 102 valence electrons. The molecule has 0 bridgehead atoms. The Labute approximate surface area is 118 Å². The van der Waals surface area contributed by atoms with E-state index in [9.17, 15) is 4.79 Å². The Morgan fingerprint density at radius 1 is 1.42 bits per heavy atom. The van der Waals surface area contributed by atoms with Gasteiger partial charge in [-0.05, 0) is 38.4 Å². The standard InChI is InChI=1S/C14H18ClN3O/c1-10-8-17-7-3-4-11(17)9-18(10)14(19)12-5-2-6-13(15)16-12/h2,5-6,10-11H,3-4,7-9H2,1H3. The van der Waals surface area contributed by atoms with Crippen LogP contribution in [0.1, 0.15) is 30.3 Å². The second-order valence-corrected chi connectivity index (χ2v) is 5.83. The summed E-state index contributed by atoms with van der Waals surface area (Å²) in [7, 11) is 0. The van der Waals surface area contributed by atoms with Crippen molar-refractivity contribution in [2.75, 3.05) is 19.6 Å². The van der Waals surface area contributed by atoms with E-state index in [1.807, 2.05) is 4.90 Å². The van der Waals surface area contributed by atoms with Crippen LogP contribution in [0.5, 0.6) is 0 Å². The molecule has 0 aromatic carbocycles. The molecule has 2 aliphatic rings. The number of hydrogen-bond acceptors (Lipinski definition) is 3. The monoisotopic (exact) mass is 279 g/mol. The molecule has 1 aromatic rings. The van der Waals surface area contributed by atoms with Crippen LogP contribution >= 0.6 is 11.6 Å². The van der Waals surface area contributed by atoms with Crippen molar-refractivity contribution < 1.29 is 4.79 Å². The predicted octanol–water partition coefficient (Wildman–Crippen LogP) is 2.04. The lowest BCUT2D eigenvalue weighted by Crippen LogP contribution is -2.56. The number of carbonyl (C=O) groups is 1. The fraction of sp³-hybridized carbons (Fsp3) is 0.571. The Balaban J connectivity index is 1.79. The summed E-state index contributed by atoms with van der Waals surface area (Å²) in [5.41, 5.74) is 0.450. The number of piperazine rings is 1. The minimum atomic E-state index is 0.00144. The summed E-state index contributed by atoms with van der Waals surface area (Å²) in [5.74, 6) is 0.00144. The van der Waals surface area contributed by atoms with E-state index in [1.54, 1.807) is 18.2 Å². The molecule has 2 unspecified atom stereocenters. The van der Waals surface area contributed by atoms with Gasteiger partial charge in [0.15, 0.2) is 0 Å². The highest BCUT2D eigenvalue weighted by atomic mass is 35.5. The molecule has 0 saturated carbocycles. The molecule has 2 fully saturated rings. The number of aromatic nitrogens is 1. The summed E-state index contributed by atoms with van der Waals surface area (Å²) >= 11 is 5.86. The zero-order valence-corrected chi connectivity index (χ0v) is 11.8. The van der Waals surface area contributed by atoms with E-state index in [0.717, 1.165) is 13.1 Å².